The summed E-state index contributed by atoms with van der Waals surface area (Å²) in [5.74, 6) is 0. The van der Waals surface area contributed by atoms with Crippen molar-refractivity contribution in [1.29, 1.82) is 0 Å². The Balaban J connectivity index is 2.07. The van der Waals surface area contributed by atoms with Crippen LogP contribution in [0.1, 0.15) is 18.4 Å². The lowest BCUT2D eigenvalue weighted by molar-refractivity contribution is 0.188. The van der Waals surface area contributed by atoms with E-state index in [0.717, 1.165) is 31.5 Å². The Morgan fingerprint density at radius 3 is 2.65 bits per heavy atom. The van der Waals surface area contributed by atoms with Crippen LogP contribution in [0, 0.1) is 0 Å². The Labute approximate surface area is 121 Å². The maximum absolute atomic E-state index is 12.3. The summed E-state index contributed by atoms with van der Waals surface area (Å²) in [5.41, 5.74) is 0.894. The number of nitrogens with zero attached hydrogens (tertiary/aromatic N) is 2. The largest absolute Gasteiger partial charge is 0.305 e. The van der Waals surface area contributed by atoms with Crippen LogP contribution in [-0.2, 0) is 10.0 Å². The van der Waals surface area contributed by atoms with Gasteiger partial charge in [0.2, 0.25) is 10.0 Å². The van der Waals surface area contributed by atoms with Crippen molar-refractivity contribution in [2.45, 2.75) is 18.9 Å². The first-order valence-corrected chi connectivity index (χ1v) is 8.39. The van der Waals surface area contributed by atoms with E-state index in [2.05, 4.69) is 4.90 Å². The molecule has 0 saturated carbocycles. The van der Waals surface area contributed by atoms with Crippen LogP contribution in [0.2, 0.25) is 0 Å². The highest BCUT2D eigenvalue weighted by Gasteiger charge is 2.27. The van der Waals surface area contributed by atoms with Crippen molar-refractivity contribution in [2.75, 3.05) is 27.2 Å². The van der Waals surface area contributed by atoms with Crippen LogP contribution in [-0.4, -0.2) is 50.8 Å². The van der Waals surface area contributed by atoms with Crippen molar-refractivity contribution in [3.05, 3.63) is 41.3 Å². The Hall–Kier alpha value is -1.17. The second kappa shape index (κ2) is 6.52. The predicted molar refractivity (Wildman–Crippen MR) is 82.7 cm³/mol. The molecular formula is C15H22N2O2S. The van der Waals surface area contributed by atoms with Gasteiger partial charge in [-0.25, -0.2) is 8.42 Å². The van der Waals surface area contributed by atoms with E-state index in [-0.39, 0.29) is 6.04 Å². The molecule has 5 heteroatoms. The zero-order valence-corrected chi connectivity index (χ0v) is 12.9. The van der Waals surface area contributed by atoms with Gasteiger partial charge in [0.05, 0.1) is 0 Å². The molecule has 0 N–H and O–H groups in total. The maximum Gasteiger partial charge on any atom is 0.236 e. The minimum absolute atomic E-state index is 0.0687. The number of piperidine rings is 1. The minimum Gasteiger partial charge on any atom is -0.305 e. The van der Waals surface area contributed by atoms with Crippen LogP contribution in [0.3, 0.4) is 0 Å². The molecule has 0 aliphatic carbocycles. The Bertz CT molecular complexity index is 554. The van der Waals surface area contributed by atoms with E-state index in [1.807, 2.05) is 37.4 Å². The van der Waals surface area contributed by atoms with Gasteiger partial charge in [-0.05, 0) is 38.1 Å². The van der Waals surface area contributed by atoms with Gasteiger partial charge in [-0.15, -0.1) is 0 Å². The zero-order valence-electron chi connectivity index (χ0n) is 12.1. The number of likely N-dealkylation sites (N-methyl/N-ethyl adjacent to an activating group) is 2. The van der Waals surface area contributed by atoms with Crippen LogP contribution < -0.4 is 0 Å². The Morgan fingerprint density at radius 1 is 1.30 bits per heavy atom. The molecule has 0 aromatic heterocycles. The molecule has 0 unspecified atom stereocenters. The summed E-state index contributed by atoms with van der Waals surface area (Å²) in [7, 11) is 0.354. The standard InChI is InChI=1S/C15H22N2O2S/c1-16-11-6-9-15(13-16)17(2)20(18,19)12-10-14-7-4-3-5-8-14/h3-5,7-8,10,12,15H,6,9,11,13H2,1-2H3/b12-10-/t15-/m0/s1. The molecule has 1 aromatic rings. The van der Waals surface area contributed by atoms with Crippen molar-refractivity contribution in [1.82, 2.24) is 9.21 Å². The van der Waals surface area contributed by atoms with E-state index in [9.17, 15) is 8.42 Å². The lowest BCUT2D eigenvalue weighted by atomic mass is 10.1. The fraction of sp³-hybridized carbons (Fsp3) is 0.467. The topological polar surface area (TPSA) is 40.6 Å². The van der Waals surface area contributed by atoms with Gasteiger partial charge in [0.25, 0.3) is 0 Å². The number of hydrogen-bond donors (Lipinski definition) is 0. The number of hydrogen-bond acceptors (Lipinski definition) is 3. The van der Waals surface area contributed by atoms with Crippen molar-refractivity contribution >= 4 is 16.1 Å². The average Bonchev–Trinajstić information content (AvgIpc) is 2.45. The molecule has 20 heavy (non-hydrogen) atoms. The highest BCUT2D eigenvalue weighted by Crippen LogP contribution is 2.17. The van der Waals surface area contributed by atoms with Gasteiger partial charge in [0, 0.05) is 25.0 Å². The molecule has 4 nitrogen and oxygen atoms in total. The summed E-state index contributed by atoms with van der Waals surface area (Å²) in [6.07, 6.45) is 3.63. The lowest BCUT2D eigenvalue weighted by Gasteiger charge is -2.34. The van der Waals surface area contributed by atoms with Crippen molar-refractivity contribution in [3.8, 4) is 0 Å². The Morgan fingerprint density at radius 2 is 2.00 bits per heavy atom. The first-order chi connectivity index (χ1) is 9.49. The van der Waals surface area contributed by atoms with E-state index in [1.165, 1.54) is 9.71 Å². The van der Waals surface area contributed by atoms with Gasteiger partial charge in [-0.3, -0.25) is 0 Å². The Kier molecular flexibility index (Phi) is 4.96. The number of rotatable bonds is 4. The van der Waals surface area contributed by atoms with Crippen LogP contribution >= 0.6 is 0 Å². The molecule has 1 fully saturated rings. The first kappa shape index (κ1) is 15.2. The van der Waals surface area contributed by atoms with Gasteiger partial charge in [0.15, 0.2) is 0 Å². The van der Waals surface area contributed by atoms with Crippen LogP contribution in [0.4, 0.5) is 0 Å². The summed E-state index contributed by atoms with van der Waals surface area (Å²) in [5, 5.41) is 1.30. The highest BCUT2D eigenvalue weighted by molar-refractivity contribution is 7.92. The van der Waals surface area contributed by atoms with E-state index in [0.29, 0.717) is 0 Å². The average molecular weight is 294 g/mol. The van der Waals surface area contributed by atoms with E-state index < -0.39 is 10.0 Å². The summed E-state index contributed by atoms with van der Waals surface area (Å²) in [4.78, 5) is 2.18. The van der Waals surface area contributed by atoms with Gasteiger partial charge in [-0.1, -0.05) is 30.3 Å². The molecule has 1 aliphatic rings. The fourth-order valence-corrected chi connectivity index (χ4v) is 3.58. The summed E-state index contributed by atoms with van der Waals surface area (Å²) in [6, 6.07) is 9.55. The number of likely N-dealkylation sites (tertiary alicyclic amines) is 1. The predicted octanol–water partition coefficient (Wildman–Crippen LogP) is 2.01. The van der Waals surface area contributed by atoms with Crippen molar-refractivity contribution in [3.63, 3.8) is 0 Å². The van der Waals surface area contributed by atoms with Gasteiger partial charge < -0.3 is 4.90 Å². The normalized spacial score (nSPS) is 21.6. The van der Waals surface area contributed by atoms with Crippen LogP contribution in [0.5, 0.6) is 0 Å². The molecule has 0 bridgehead atoms. The van der Waals surface area contributed by atoms with Gasteiger partial charge in [-0.2, -0.15) is 4.31 Å². The first-order valence-electron chi connectivity index (χ1n) is 6.89. The monoisotopic (exact) mass is 294 g/mol. The van der Waals surface area contributed by atoms with E-state index >= 15 is 0 Å². The molecule has 1 atom stereocenters. The molecule has 0 spiro atoms. The van der Waals surface area contributed by atoms with E-state index in [1.54, 1.807) is 13.1 Å². The van der Waals surface area contributed by atoms with Crippen molar-refractivity contribution < 1.29 is 8.42 Å². The SMILES string of the molecule is CN1CCC[C@H](N(C)S(=O)(=O)/C=C\c2ccccc2)C1. The summed E-state index contributed by atoms with van der Waals surface area (Å²) >= 11 is 0. The lowest BCUT2D eigenvalue weighted by Crippen LogP contribution is -2.46. The third-order valence-electron chi connectivity index (χ3n) is 3.75. The minimum atomic E-state index is -3.36. The van der Waals surface area contributed by atoms with Crippen LogP contribution in [0.25, 0.3) is 6.08 Å². The molecular weight excluding hydrogens is 272 g/mol. The van der Waals surface area contributed by atoms with E-state index in [4.69, 9.17) is 0 Å². The smallest absolute Gasteiger partial charge is 0.236 e. The molecule has 2 rings (SSSR count). The third kappa shape index (κ3) is 3.91. The number of sulfonamides is 1. The van der Waals surface area contributed by atoms with Crippen molar-refractivity contribution in [2.24, 2.45) is 0 Å². The second-order valence-electron chi connectivity index (χ2n) is 5.33. The molecule has 1 aliphatic heterocycles. The maximum atomic E-state index is 12.3. The summed E-state index contributed by atoms with van der Waals surface area (Å²) in [6.45, 7) is 1.85. The molecule has 1 aromatic carbocycles. The van der Waals surface area contributed by atoms with Gasteiger partial charge >= 0.3 is 0 Å². The molecule has 0 amide bonds. The quantitative estimate of drug-likeness (QED) is 0.853. The fourth-order valence-electron chi connectivity index (χ4n) is 2.47. The third-order valence-corrected chi connectivity index (χ3v) is 5.33. The zero-order chi connectivity index (χ0) is 14.6. The molecule has 1 saturated heterocycles. The number of benzene rings is 1. The second-order valence-corrected chi connectivity index (χ2v) is 7.21. The molecule has 0 radical (unpaired) electrons. The molecule has 1 heterocycles. The molecule has 110 valence electrons. The van der Waals surface area contributed by atoms with Crippen LogP contribution in [0.15, 0.2) is 35.7 Å². The highest BCUT2D eigenvalue weighted by atomic mass is 32.2. The van der Waals surface area contributed by atoms with Gasteiger partial charge in [0.1, 0.15) is 0 Å². The summed E-state index contributed by atoms with van der Waals surface area (Å²) < 4.78 is 26.2.